The van der Waals surface area contributed by atoms with Crippen molar-refractivity contribution >= 4 is 34.3 Å². The molecule has 7 nitrogen and oxygen atoms in total. The highest BCUT2D eigenvalue weighted by molar-refractivity contribution is 6.03. The van der Waals surface area contributed by atoms with Gasteiger partial charge in [0.15, 0.2) is 5.52 Å². The Morgan fingerprint density at radius 3 is 2.61 bits per heavy atom. The Morgan fingerprint density at radius 2 is 1.87 bits per heavy atom. The van der Waals surface area contributed by atoms with Crippen LogP contribution in [0.2, 0.25) is 0 Å². The van der Waals surface area contributed by atoms with Crippen LogP contribution in [0.3, 0.4) is 0 Å². The number of rotatable bonds is 7. The number of hydrogen-bond donors (Lipinski definition) is 0. The van der Waals surface area contributed by atoms with Crippen LogP contribution < -0.4 is 5.63 Å². The number of aryl methyl sites for hydroxylation is 1. The van der Waals surface area contributed by atoms with Gasteiger partial charge in [0, 0.05) is 16.3 Å². The average molecular weight is 417 g/mol. The smallest absolute Gasteiger partial charge is 0.363 e. The molecule has 2 aromatic heterocycles. The van der Waals surface area contributed by atoms with Crippen molar-refractivity contribution in [1.29, 1.82) is 0 Å². The Kier molecular flexibility index (Phi) is 5.75. The highest BCUT2D eigenvalue weighted by Crippen LogP contribution is 2.29. The fourth-order valence-electron chi connectivity index (χ4n) is 3.56. The molecule has 2 heterocycles. The molecule has 0 saturated heterocycles. The van der Waals surface area contributed by atoms with Gasteiger partial charge >= 0.3 is 11.6 Å². The summed E-state index contributed by atoms with van der Waals surface area (Å²) < 4.78 is 15.0. The molecule has 0 bridgehead atoms. The van der Waals surface area contributed by atoms with Crippen molar-refractivity contribution in [1.82, 2.24) is 4.98 Å². The van der Waals surface area contributed by atoms with Gasteiger partial charge in [-0.2, -0.15) is 0 Å². The van der Waals surface area contributed by atoms with E-state index in [1.54, 1.807) is 36.4 Å². The summed E-state index contributed by atoms with van der Waals surface area (Å²) in [5.41, 5.74) is 2.87. The first-order valence-corrected chi connectivity index (χ1v) is 9.72. The lowest BCUT2D eigenvalue weighted by atomic mass is 9.98. The van der Waals surface area contributed by atoms with Crippen molar-refractivity contribution in [3.8, 4) is 11.3 Å². The van der Waals surface area contributed by atoms with E-state index in [0.717, 1.165) is 16.5 Å². The molecule has 0 radical (unpaired) electrons. The number of carbonyl (C=O) groups is 2. The van der Waals surface area contributed by atoms with Crippen molar-refractivity contribution in [2.75, 3.05) is 13.7 Å². The van der Waals surface area contributed by atoms with Gasteiger partial charge < -0.3 is 13.9 Å². The molecular weight excluding hydrogens is 398 g/mol. The van der Waals surface area contributed by atoms with Crippen LogP contribution in [0, 0.1) is 0 Å². The van der Waals surface area contributed by atoms with Crippen molar-refractivity contribution < 1.29 is 23.5 Å². The highest BCUT2D eigenvalue weighted by atomic mass is 16.5. The van der Waals surface area contributed by atoms with Gasteiger partial charge in [-0.15, -0.1) is 0 Å². The van der Waals surface area contributed by atoms with Crippen LogP contribution in [0.1, 0.15) is 22.3 Å². The molecule has 0 atom stereocenters. The maximum absolute atomic E-state index is 12.6. The SMILES string of the molecule is COC(=O)c1ccc(-c2nc3c(=O)oc4ccccc4c3cc2CCCOC=O)cc1. The van der Waals surface area contributed by atoms with Gasteiger partial charge in [0.05, 0.1) is 25.0 Å². The average Bonchev–Trinajstić information content (AvgIpc) is 2.81. The summed E-state index contributed by atoms with van der Waals surface area (Å²) in [6.45, 7) is 0.698. The number of methoxy groups -OCH3 is 1. The largest absolute Gasteiger partial charge is 0.468 e. The van der Waals surface area contributed by atoms with E-state index in [9.17, 15) is 14.4 Å². The number of hydrogen-bond acceptors (Lipinski definition) is 7. The molecule has 31 heavy (non-hydrogen) atoms. The van der Waals surface area contributed by atoms with Crippen LogP contribution in [-0.2, 0) is 20.7 Å². The number of carbonyl (C=O) groups excluding carboxylic acids is 2. The molecule has 0 unspecified atom stereocenters. The standard InChI is InChI=1S/C24H19NO6/c1-29-23(27)16-10-8-15(9-11-16)21-17(5-4-12-30-14-26)13-19-18-6-2-3-7-20(18)31-24(28)22(19)25-21/h2-3,6-11,13-14H,4-5,12H2,1H3. The summed E-state index contributed by atoms with van der Waals surface area (Å²) in [6.07, 6.45) is 1.18. The van der Waals surface area contributed by atoms with Crippen molar-refractivity contribution in [3.05, 3.63) is 76.1 Å². The van der Waals surface area contributed by atoms with Crippen molar-refractivity contribution in [2.24, 2.45) is 0 Å². The first-order valence-electron chi connectivity index (χ1n) is 9.72. The normalized spacial score (nSPS) is 10.9. The minimum atomic E-state index is -0.517. The zero-order valence-corrected chi connectivity index (χ0v) is 16.8. The van der Waals surface area contributed by atoms with E-state index < -0.39 is 11.6 Å². The van der Waals surface area contributed by atoms with Crippen LogP contribution in [0.5, 0.6) is 0 Å². The van der Waals surface area contributed by atoms with Crippen molar-refractivity contribution in [3.63, 3.8) is 0 Å². The fourth-order valence-corrected chi connectivity index (χ4v) is 3.56. The second kappa shape index (κ2) is 8.79. The highest BCUT2D eigenvalue weighted by Gasteiger charge is 2.16. The third-order valence-corrected chi connectivity index (χ3v) is 5.03. The molecule has 4 aromatic rings. The molecule has 0 amide bonds. The Hall–Kier alpha value is -4.00. The Balaban J connectivity index is 1.88. The molecule has 4 rings (SSSR count). The molecule has 7 heteroatoms. The second-order valence-corrected chi connectivity index (χ2v) is 6.92. The molecule has 2 aromatic carbocycles. The number of nitrogens with zero attached hydrogens (tertiary/aromatic N) is 1. The van der Waals surface area contributed by atoms with Gasteiger partial charge in [0.2, 0.25) is 0 Å². The molecule has 0 aliphatic rings. The third-order valence-electron chi connectivity index (χ3n) is 5.03. The lowest BCUT2D eigenvalue weighted by Crippen LogP contribution is -2.06. The minimum Gasteiger partial charge on any atom is -0.468 e. The molecule has 0 aliphatic heterocycles. The zero-order chi connectivity index (χ0) is 21.8. The summed E-state index contributed by atoms with van der Waals surface area (Å²) in [7, 11) is 1.32. The predicted molar refractivity (Wildman–Crippen MR) is 115 cm³/mol. The number of para-hydroxylation sites is 1. The molecule has 0 fully saturated rings. The summed E-state index contributed by atoms with van der Waals surface area (Å²) in [6, 6.07) is 16.1. The zero-order valence-electron chi connectivity index (χ0n) is 16.8. The number of esters is 1. The summed E-state index contributed by atoms with van der Waals surface area (Å²) in [5, 5.41) is 1.50. The number of aromatic nitrogens is 1. The van der Waals surface area contributed by atoms with Crippen LogP contribution in [0.15, 0.2) is 63.8 Å². The fraction of sp³-hybridized carbons (Fsp3) is 0.167. The molecule has 0 spiro atoms. The molecule has 156 valence electrons. The predicted octanol–water partition coefficient (Wildman–Crippen LogP) is 3.90. The summed E-state index contributed by atoms with van der Waals surface area (Å²) in [4.78, 5) is 39.5. The summed E-state index contributed by atoms with van der Waals surface area (Å²) >= 11 is 0. The van der Waals surface area contributed by atoms with Crippen molar-refractivity contribution in [2.45, 2.75) is 12.8 Å². The van der Waals surface area contributed by atoms with Crippen LogP contribution >= 0.6 is 0 Å². The van der Waals surface area contributed by atoms with E-state index >= 15 is 0 Å². The number of fused-ring (bicyclic) bond motifs is 3. The van der Waals surface area contributed by atoms with Crippen LogP contribution in [-0.4, -0.2) is 31.1 Å². The topological polar surface area (TPSA) is 95.7 Å². The lowest BCUT2D eigenvalue weighted by molar-refractivity contribution is -0.128. The van der Waals surface area contributed by atoms with Gasteiger partial charge in [0.25, 0.3) is 6.47 Å². The Morgan fingerprint density at radius 1 is 1.10 bits per heavy atom. The molecule has 0 N–H and O–H groups in total. The van der Waals surface area contributed by atoms with E-state index in [0.29, 0.717) is 41.5 Å². The van der Waals surface area contributed by atoms with Gasteiger partial charge in [-0.3, -0.25) is 4.79 Å². The van der Waals surface area contributed by atoms with Gasteiger partial charge in [-0.1, -0.05) is 30.3 Å². The minimum absolute atomic E-state index is 0.235. The Labute approximate surface area is 177 Å². The van der Waals surface area contributed by atoms with E-state index in [2.05, 4.69) is 4.98 Å². The van der Waals surface area contributed by atoms with Gasteiger partial charge in [-0.25, -0.2) is 14.6 Å². The second-order valence-electron chi connectivity index (χ2n) is 6.92. The van der Waals surface area contributed by atoms with Crippen LogP contribution in [0.25, 0.3) is 33.1 Å². The first kappa shape index (κ1) is 20.3. The number of pyridine rings is 1. The number of ether oxygens (including phenoxy) is 2. The first-order chi connectivity index (χ1) is 15.1. The van der Waals surface area contributed by atoms with E-state index in [1.807, 2.05) is 18.2 Å². The third kappa shape index (κ3) is 4.02. The van der Waals surface area contributed by atoms with Gasteiger partial charge in [-0.05, 0) is 42.7 Å². The Bertz CT molecular complexity index is 1320. The molecular formula is C24H19NO6. The quantitative estimate of drug-likeness (QED) is 0.148. The van der Waals surface area contributed by atoms with Gasteiger partial charge in [0.1, 0.15) is 5.58 Å². The lowest BCUT2D eigenvalue weighted by Gasteiger charge is -2.12. The van der Waals surface area contributed by atoms with E-state index in [-0.39, 0.29) is 12.1 Å². The maximum Gasteiger partial charge on any atom is 0.363 e. The maximum atomic E-state index is 12.6. The van der Waals surface area contributed by atoms with Crippen LogP contribution in [0.4, 0.5) is 0 Å². The number of benzene rings is 2. The molecule has 0 aliphatic carbocycles. The van der Waals surface area contributed by atoms with E-state index in [1.165, 1.54) is 7.11 Å². The van der Waals surface area contributed by atoms with E-state index in [4.69, 9.17) is 13.9 Å². The summed E-state index contributed by atoms with van der Waals surface area (Å²) in [5.74, 6) is -0.434. The monoisotopic (exact) mass is 417 g/mol. The molecule has 0 saturated carbocycles.